The van der Waals surface area contributed by atoms with Gasteiger partial charge in [-0.2, -0.15) is 0 Å². The van der Waals surface area contributed by atoms with Gasteiger partial charge in [-0.25, -0.2) is 4.79 Å². The van der Waals surface area contributed by atoms with Crippen molar-refractivity contribution in [2.24, 2.45) is 5.92 Å². The summed E-state index contributed by atoms with van der Waals surface area (Å²) in [5, 5.41) is 3.48. The Kier molecular flexibility index (Phi) is 4.15. The smallest absolute Gasteiger partial charge is 0.410 e. The highest BCUT2D eigenvalue weighted by Gasteiger charge is 2.36. The van der Waals surface area contributed by atoms with Crippen LogP contribution in [0.2, 0.25) is 0 Å². The number of nitrogens with one attached hydrogen (secondary N) is 1. The molecule has 0 aromatic carbocycles. The van der Waals surface area contributed by atoms with Crippen LogP contribution >= 0.6 is 0 Å². The second-order valence-corrected chi connectivity index (χ2v) is 6.49. The number of hydrogen-bond donors (Lipinski definition) is 1. The molecule has 1 N–H and O–H groups in total. The lowest BCUT2D eigenvalue weighted by Gasteiger charge is -2.40. The van der Waals surface area contributed by atoms with E-state index in [1.807, 2.05) is 25.7 Å². The van der Waals surface area contributed by atoms with Crippen molar-refractivity contribution in [1.29, 1.82) is 0 Å². The number of rotatable bonds is 0. The fourth-order valence-corrected chi connectivity index (χ4v) is 3.04. The Morgan fingerprint density at radius 2 is 2.06 bits per heavy atom. The Morgan fingerprint density at radius 1 is 1.28 bits per heavy atom. The molecular weight excluding hydrogens is 228 g/mol. The standard InChI is InChI=1S/C14H26N2O2/c1-14(2,3)18-13(17)16-9-5-6-11-10-15-8-4-7-12(11)16/h11-12,15H,4-10H2,1-3H3/t11-,12-/m1/s1. The van der Waals surface area contributed by atoms with Gasteiger partial charge in [-0.05, 0) is 65.5 Å². The lowest BCUT2D eigenvalue weighted by molar-refractivity contribution is 0.0000933. The van der Waals surface area contributed by atoms with E-state index in [0.717, 1.165) is 38.9 Å². The van der Waals surface area contributed by atoms with Gasteiger partial charge in [0, 0.05) is 12.6 Å². The predicted octanol–water partition coefficient (Wildman–Crippen LogP) is 2.39. The summed E-state index contributed by atoms with van der Waals surface area (Å²) in [5.41, 5.74) is -0.396. The summed E-state index contributed by atoms with van der Waals surface area (Å²) >= 11 is 0. The van der Waals surface area contributed by atoms with E-state index in [1.54, 1.807) is 0 Å². The number of hydrogen-bond acceptors (Lipinski definition) is 3. The maximum absolute atomic E-state index is 12.3. The van der Waals surface area contributed by atoms with Gasteiger partial charge in [-0.1, -0.05) is 0 Å². The summed E-state index contributed by atoms with van der Waals surface area (Å²) in [7, 11) is 0. The van der Waals surface area contributed by atoms with E-state index in [9.17, 15) is 4.79 Å². The number of amides is 1. The van der Waals surface area contributed by atoms with Crippen LogP contribution in [0.1, 0.15) is 46.5 Å². The SMILES string of the molecule is CC(C)(C)OC(=O)N1CCC[C@@H]2CNCCC[C@H]21. The highest BCUT2D eigenvalue weighted by molar-refractivity contribution is 5.68. The zero-order chi connectivity index (χ0) is 13.2. The van der Waals surface area contributed by atoms with Crippen LogP contribution in [0.3, 0.4) is 0 Å². The average molecular weight is 254 g/mol. The van der Waals surface area contributed by atoms with Gasteiger partial charge < -0.3 is 15.0 Å². The Morgan fingerprint density at radius 3 is 2.78 bits per heavy atom. The molecule has 4 heteroatoms. The molecule has 0 aromatic heterocycles. The monoisotopic (exact) mass is 254 g/mol. The van der Waals surface area contributed by atoms with Crippen LogP contribution in [0.5, 0.6) is 0 Å². The largest absolute Gasteiger partial charge is 0.444 e. The van der Waals surface area contributed by atoms with Crippen molar-refractivity contribution < 1.29 is 9.53 Å². The molecule has 0 radical (unpaired) electrons. The zero-order valence-corrected chi connectivity index (χ0v) is 11.9. The van der Waals surface area contributed by atoms with Crippen LogP contribution in [-0.4, -0.2) is 42.3 Å². The first kappa shape index (κ1) is 13.7. The van der Waals surface area contributed by atoms with Gasteiger partial charge >= 0.3 is 6.09 Å². The van der Waals surface area contributed by atoms with Crippen molar-refractivity contribution in [2.45, 2.75) is 58.1 Å². The minimum absolute atomic E-state index is 0.126. The van der Waals surface area contributed by atoms with E-state index in [1.165, 1.54) is 6.42 Å². The molecule has 0 aliphatic carbocycles. The summed E-state index contributed by atoms with van der Waals surface area (Å²) in [6, 6.07) is 0.378. The van der Waals surface area contributed by atoms with Crippen molar-refractivity contribution in [3.8, 4) is 0 Å². The van der Waals surface area contributed by atoms with Gasteiger partial charge in [0.25, 0.3) is 0 Å². The first-order valence-corrected chi connectivity index (χ1v) is 7.18. The fraction of sp³-hybridized carbons (Fsp3) is 0.929. The summed E-state index contributed by atoms with van der Waals surface area (Å²) in [6.07, 6.45) is 4.47. The predicted molar refractivity (Wildman–Crippen MR) is 71.6 cm³/mol. The van der Waals surface area contributed by atoms with E-state index in [-0.39, 0.29) is 6.09 Å². The van der Waals surface area contributed by atoms with Gasteiger partial charge in [-0.15, -0.1) is 0 Å². The Hall–Kier alpha value is -0.770. The molecule has 2 rings (SSSR count). The number of fused-ring (bicyclic) bond motifs is 1. The number of ether oxygens (including phenoxy) is 1. The molecule has 0 bridgehead atoms. The lowest BCUT2D eigenvalue weighted by atomic mass is 9.87. The second-order valence-electron chi connectivity index (χ2n) is 6.49. The van der Waals surface area contributed by atoms with Crippen LogP contribution in [0, 0.1) is 5.92 Å². The summed E-state index contributed by atoms with van der Waals surface area (Å²) in [5.74, 6) is 0.605. The first-order valence-electron chi connectivity index (χ1n) is 7.18. The summed E-state index contributed by atoms with van der Waals surface area (Å²) < 4.78 is 5.53. The minimum Gasteiger partial charge on any atom is -0.444 e. The molecule has 1 amide bonds. The molecular formula is C14H26N2O2. The molecule has 2 heterocycles. The highest BCUT2D eigenvalue weighted by atomic mass is 16.6. The normalized spacial score (nSPS) is 29.4. The fourth-order valence-electron chi connectivity index (χ4n) is 3.04. The molecule has 0 unspecified atom stereocenters. The van der Waals surface area contributed by atoms with Gasteiger partial charge in [0.05, 0.1) is 0 Å². The maximum atomic E-state index is 12.3. The molecule has 0 aromatic rings. The third-order valence-corrected chi connectivity index (χ3v) is 3.81. The topological polar surface area (TPSA) is 41.6 Å². The van der Waals surface area contributed by atoms with E-state index in [2.05, 4.69) is 5.32 Å². The molecule has 4 nitrogen and oxygen atoms in total. The van der Waals surface area contributed by atoms with Crippen LogP contribution in [0.15, 0.2) is 0 Å². The van der Waals surface area contributed by atoms with E-state index >= 15 is 0 Å². The number of nitrogens with zero attached hydrogens (tertiary/aromatic N) is 1. The van der Waals surface area contributed by atoms with Gasteiger partial charge in [0.15, 0.2) is 0 Å². The number of piperidine rings is 1. The molecule has 2 aliphatic rings. The first-order chi connectivity index (χ1) is 8.47. The molecule has 2 aliphatic heterocycles. The number of carbonyl (C=O) groups excluding carboxylic acids is 1. The highest BCUT2D eigenvalue weighted by Crippen LogP contribution is 2.29. The Labute approximate surface area is 110 Å². The van der Waals surface area contributed by atoms with E-state index in [0.29, 0.717) is 12.0 Å². The molecule has 2 fully saturated rings. The third-order valence-electron chi connectivity index (χ3n) is 3.81. The number of carbonyl (C=O) groups is 1. The maximum Gasteiger partial charge on any atom is 0.410 e. The molecule has 2 saturated heterocycles. The van der Waals surface area contributed by atoms with E-state index < -0.39 is 5.60 Å². The van der Waals surface area contributed by atoms with Crippen LogP contribution in [-0.2, 0) is 4.74 Å². The Balaban J connectivity index is 2.03. The quantitative estimate of drug-likeness (QED) is 0.721. The van der Waals surface area contributed by atoms with Crippen molar-refractivity contribution in [1.82, 2.24) is 10.2 Å². The summed E-state index contributed by atoms with van der Waals surface area (Å²) in [6.45, 7) is 8.78. The summed E-state index contributed by atoms with van der Waals surface area (Å²) in [4.78, 5) is 14.2. The molecule has 0 saturated carbocycles. The Bertz CT molecular complexity index is 299. The van der Waals surface area contributed by atoms with Gasteiger partial charge in [-0.3, -0.25) is 0 Å². The minimum atomic E-state index is -0.396. The molecule has 0 spiro atoms. The second kappa shape index (κ2) is 5.47. The van der Waals surface area contributed by atoms with Crippen molar-refractivity contribution in [3.05, 3.63) is 0 Å². The molecule has 104 valence electrons. The molecule has 2 atom stereocenters. The molecule has 18 heavy (non-hydrogen) atoms. The van der Waals surface area contributed by atoms with Crippen LogP contribution < -0.4 is 5.32 Å². The lowest BCUT2D eigenvalue weighted by Crippen LogP contribution is -2.51. The average Bonchev–Trinajstić information content (AvgIpc) is 2.50. The number of likely N-dealkylation sites (tertiary alicyclic amines) is 1. The van der Waals surface area contributed by atoms with Crippen molar-refractivity contribution in [3.63, 3.8) is 0 Å². The van der Waals surface area contributed by atoms with Crippen molar-refractivity contribution >= 4 is 6.09 Å². The zero-order valence-electron chi connectivity index (χ0n) is 11.9. The van der Waals surface area contributed by atoms with Gasteiger partial charge in [0.2, 0.25) is 0 Å². The van der Waals surface area contributed by atoms with Crippen molar-refractivity contribution in [2.75, 3.05) is 19.6 Å². The van der Waals surface area contributed by atoms with Crippen LogP contribution in [0.25, 0.3) is 0 Å². The van der Waals surface area contributed by atoms with E-state index in [4.69, 9.17) is 4.74 Å². The van der Waals surface area contributed by atoms with Gasteiger partial charge in [0.1, 0.15) is 5.60 Å². The van der Waals surface area contributed by atoms with Crippen LogP contribution in [0.4, 0.5) is 4.79 Å². The third kappa shape index (κ3) is 3.37.